The quantitative estimate of drug-likeness (QED) is 0.825. The average Bonchev–Trinajstić information content (AvgIpc) is 2.93. The maximum absolute atomic E-state index is 12.1. The Morgan fingerprint density at radius 3 is 2.77 bits per heavy atom. The Hall–Kier alpha value is -2.45. The summed E-state index contributed by atoms with van der Waals surface area (Å²) in [5.74, 6) is 0.822. The molecule has 0 saturated carbocycles. The van der Waals surface area contributed by atoms with Gasteiger partial charge in [0.1, 0.15) is 0 Å². The highest BCUT2D eigenvalue weighted by atomic mass is 16.2. The zero-order chi connectivity index (χ0) is 15.9. The molecule has 0 radical (unpaired) electrons. The summed E-state index contributed by atoms with van der Waals surface area (Å²) in [7, 11) is 3.00. The molecule has 1 saturated heterocycles. The molecule has 2 aromatic rings. The van der Waals surface area contributed by atoms with Crippen LogP contribution in [0.25, 0.3) is 11.2 Å². The number of fused-ring (bicyclic) bond motifs is 1. The van der Waals surface area contributed by atoms with E-state index < -0.39 is 11.2 Å². The monoisotopic (exact) mass is 305 g/mol. The lowest BCUT2D eigenvalue weighted by Gasteiger charge is -2.26. The Balaban J connectivity index is 1.96. The Labute approximate surface area is 126 Å². The summed E-state index contributed by atoms with van der Waals surface area (Å²) in [6.45, 7) is 3.92. The van der Waals surface area contributed by atoms with E-state index in [-0.39, 0.29) is 17.1 Å². The van der Waals surface area contributed by atoms with Crippen molar-refractivity contribution in [3.05, 3.63) is 20.8 Å². The first-order chi connectivity index (χ1) is 10.5. The van der Waals surface area contributed by atoms with Gasteiger partial charge in [0.2, 0.25) is 0 Å². The largest absolute Gasteiger partial charge is 0.332 e. The van der Waals surface area contributed by atoms with Crippen LogP contribution in [0.3, 0.4) is 0 Å². The number of rotatable bonds is 2. The van der Waals surface area contributed by atoms with Gasteiger partial charge < -0.3 is 4.98 Å². The molecule has 3 rings (SSSR count). The Morgan fingerprint density at radius 2 is 2.05 bits per heavy atom. The number of aryl methyl sites for hydroxylation is 1. The van der Waals surface area contributed by atoms with Gasteiger partial charge in [-0.25, -0.2) is 4.79 Å². The first kappa shape index (κ1) is 14.5. The second-order valence-electron chi connectivity index (χ2n) is 5.81. The first-order valence-electron chi connectivity index (χ1n) is 7.29. The van der Waals surface area contributed by atoms with E-state index in [1.165, 1.54) is 18.0 Å². The topological polar surface area (TPSA) is 101 Å². The molecule has 0 bridgehead atoms. The van der Waals surface area contributed by atoms with E-state index in [2.05, 4.69) is 27.2 Å². The Kier molecular flexibility index (Phi) is 3.55. The zero-order valence-corrected chi connectivity index (χ0v) is 12.9. The van der Waals surface area contributed by atoms with Crippen LogP contribution in [0, 0.1) is 5.92 Å². The van der Waals surface area contributed by atoms with Crippen molar-refractivity contribution in [2.75, 3.05) is 13.1 Å². The van der Waals surface area contributed by atoms with E-state index in [4.69, 9.17) is 0 Å². The predicted octanol–water partition coefficient (Wildman–Crippen LogP) is 0.691. The summed E-state index contributed by atoms with van der Waals surface area (Å²) < 4.78 is 2.35. The fraction of sp³-hybridized carbons (Fsp3) is 0.615. The highest BCUT2D eigenvalue weighted by molar-refractivity contribution is 5.71. The van der Waals surface area contributed by atoms with Crippen molar-refractivity contribution in [1.82, 2.24) is 24.1 Å². The summed E-state index contributed by atoms with van der Waals surface area (Å²) in [5, 5.41) is 10.1. The van der Waals surface area contributed by atoms with E-state index in [1.54, 1.807) is 7.05 Å². The lowest BCUT2D eigenvalue weighted by atomic mass is 10.0. The molecule has 0 aliphatic carbocycles. The van der Waals surface area contributed by atoms with Crippen LogP contribution >= 0.6 is 0 Å². The first-order valence-corrected chi connectivity index (χ1v) is 7.29. The van der Waals surface area contributed by atoms with E-state index in [1.807, 2.05) is 5.01 Å². The maximum Gasteiger partial charge on any atom is 0.332 e. The molecule has 1 atom stereocenters. The van der Waals surface area contributed by atoms with Crippen molar-refractivity contribution >= 4 is 17.1 Å². The van der Waals surface area contributed by atoms with Crippen LogP contribution < -0.4 is 11.2 Å². The molecule has 0 unspecified atom stereocenters. The van der Waals surface area contributed by atoms with Crippen LogP contribution in [0.5, 0.6) is 0 Å². The van der Waals surface area contributed by atoms with Gasteiger partial charge in [0.05, 0.1) is 0 Å². The molecule has 1 N–H and O–H groups in total. The molecule has 2 aromatic heterocycles. The summed E-state index contributed by atoms with van der Waals surface area (Å²) in [6, 6.07) is 0. The summed E-state index contributed by atoms with van der Waals surface area (Å²) >= 11 is 0. The van der Waals surface area contributed by atoms with Gasteiger partial charge in [-0.2, -0.15) is 4.98 Å². The van der Waals surface area contributed by atoms with Crippen molar-refractivity contribution in [2.45, 2.75) is 19.8 Å². The number of piperidine rings is 1. The van der Waals surface area contributed by atoms with Crippen molar-refractivity contribution in [1.29, 1.82) is 0 Å². The van der Waals surface area contributed by atoms with Crippen molar-refractivity contribution in [3.8, 4) is 0 Å². The fourth-order valence-electron chi connectivity index (χ4n) is 2.71. The van der Waals surface area contributed by atoms with Crippen LogP contribution in [0.2, 0.25) is 0 Å². The summed E-state index contributed by atoms with van der Waals surface area (Å²) in [4.78, 5) is 30.9. The standard InChI is InChI=1S/C13H19N7O2/c1-8-5-4-6-20(7-8)17-16-12-14-9-10(15-12)18(2)13(22)19(3)11(9)21/h8H,4-7H2,1-3H3,(H,14,15)/t8-/m1/s1. The zero-order valence-electron chi connectivity index (χ0n) is 12.9. The Morgan fingerprint density at radius 1 is 1.27 bits per heavy atom. The maximum atomic E-state index is 12.1. The Bertz CT molecular complexity index is 844. The molecular weight excluding hydrogens is 286 g/mol. The van der Waals surface area contributed by atoms with Crippen LogP contribution in [0.4, 0.5) is 5.95 Å². The van der Waals surface area contributed by atoms with Crippen molar-refractivity contribution < 1.29 is 0 Å². The minimum atomic E-state index is -0.419. The molecule has 0 aromatic carbocycles. The average molecular weight is 305 g/mol. The minimum Gasteiger partial charge on any atom is -0.315 e. The molecular formula is C13H19N7O2. The van der Waals surface area contributed by atoms with Crippen molar-refractivity contribution in [2.24, 2.45) is 30.4 Å². The number of aromatic nitrogens is 4. The van der Waals surface area contributed by atoms with Crippen LogP contribution in [-0.2, 0) is 14.1 Å². The minimum absolute atomic E-state index is 0.228. The highest BCUT2D eigenvalue weighted by Crippen LogP contribution is 2.17. The molecule has 1 aliphatic rings. The smallest absolute Gasteiger partial charge is 0.315 e. The summed E-state index contributed by atoms with van der Waals surface area (Å²) in [5.41, 5.74) is -0.296. The molecule has 9 nitrogen and oxygen atoms in total. The van der Waals surface area contributed by atoms with Gasteiger partial charge in [-0.15, -0.1) is 0 Å². The normalized spacial score (nSPS) is 19.4. The van der Waals surface area contributed by atoms with Gasteiger partial charge in [-0.1, -0.05) is 17.3 Å². The van der Waals surface area contributed by atoms with E-state index in [9.17, 15) is 9.59 Å². The fourth-order valence-corrected chi connectivity index (χ4v) is 2.71. The van der Waals surface area contributed by atoms with Crippen LogP contribution in [0.1, 0.15) is 19.8 Å². The van der Waals surface area contributed by atoms with Crippen LogP contribution in [-0.4, -0.2) is 37.2 Å². The van der Waals surface area contributed by atoms with E-state index >= 15 is 0 Å². The van der Waals surface area contributed by atoms with Crippen molar-refractivity contribution in [3.63, 3.8) is 0 Å². The second-order valence-corrected chi connectivity index (χ2v) is 5.81. The molecule has 0 amide bonds. The van der Waals surface area contributed by atoms with Gasteiger partial charge >= 0.3 is 5.69 Å². The third-order valence-electron chi connectivity index (χ3n) is 3.98. The van der Waals surface area contributed by atoms with Gasteiger partial charge in [0.25, 0.3) is 11.5 Å². The van der Waals surface area contributed by atoms with Gasteiger partial charge in [0, 0.05) is 27.2 Å². The molecule has 118 valence electrons. The van der Waals surface area contributed by atoms with E-state index in [0.717, 1.165) is 24.1 Å². The number of nitrogens with zero attached hydrogens (tertiary/aromatic N) is 6. The lowest BCUT2D eigenvalue weighted by molar-refractivity contribution is 0.179. The van der Waals surface area contributed by atoms with Gasteiger partial charge in [0.15, 0.2) is 11.2 Å². The number of nitrogens with one attached hydrogen (secondary N) is 1. The number of hydrogen-bond donors (Lipinski definition) is 1. The van der Waals surface area contributed by atoms with Gasteiger partial charge in [-0.05, 0) is 18.8 Å². The number of aromatic amines is 1. The molecule has 3 heterocycles. The molecule has 22 heavy (non-hydrogen) atoms. The molecule has 1 fully saturated rings. The number of H-pyrrole nitrogens is 1. The SMILES string of the molecule is C[C@@H]1CCCN(N=Nc2nc3c([nH]2)c(=O)n(C)c(=O)n3C)C1. The molecule has 1 aliphatic heterocycles. The summed E-state index contributed by atoms with van der Waals surface area (Å²) in [6.07, 6.45) is 2.30. The number of imidazole rings is 1. The van der Waals surface area contributed by atoms with Gasteiger partial charge in [-0.3, -0.25) is 18.9 Å². The predicted molar refractivity (Wildman–Crippen MR) is 81.1 cm³/mol. The number of hydrogen-bond acceptors (Lipinski definition) is 5. The lowest BCUT2D eigenvalue weighted by Crippen LogP contribution is -2.36. The highest BCUT2D eigenvalue weighted by Gasteiger charge is 2.16. The van der Waals surface area contributed by atoms with E-state index in [0.29, 0.717) is 5.92 Å². The third kappa shape index (κ3) is 2.42. The third-order valence-corrected chi connectivity index (χ3v) is 3.98. The second kappa shape index (κ2) is 5.39. The van der Waals surface area contributed by atoms with Crippen LogP contribution in [0.15, 0.2) is 19.9 Å². The molecule has 0 spiro atoms. The molecule has 9 heteroatoms.